The van der Waals surface area contributed by atoms with E-state index in [0.717, 1.165) is 6.07 Å². The van der Waals surface area contributed by atoms with Crippen molar-refractivity contribution < 1.29 is 18.6 Å². The minimum atomic E-state index is -1.04. The fraction of sp³-hybridized carbons (Fsp3) is 0.400. The van der Waals surface area contributed by atoms with Crippen molar-refractivity contribution in [1.82, 2.24) is 9.78 Å². The Hall–Kier alpha value is -1.95. The van der Waals surface area contributed by atoms with E-state index in [-0.39, 0.29) is 18.0 Å². The summed E-state index contributed by atoms with van der Waals surface area (Å²) in [6.07, 6.45) is 0.403. The summed E-state index contributed by atoms with van der Waals surface area (Å²) in [5, 5.41) is 14.5. The van der Waals surface area contributed by atoms with Gasteiger partial charge in [0.1, 0.15) is 11.8 Å². The van der Waals surface area contributed by atoms with Crippen molar-refractivity contribution in [1.29, 1.82) is 0 Å². The zero-order valence-electron chi connectivity index (χ0n) is 12.2. The number of hydrogen-bond acceptors (Lipinski definition) is 3. The second-order valence-corrected chi connectivity index (χ2v) is 5.07. The summed E-state index contributed by atoms with van der Waals surface area (Å²) in [6.45, 7) is 3.82. The van der Waals surface area contributed by atoms with Crippen LogP contribution in [0.4, 0.5) is 8.78 Å². The Kier molecular flexibility index (Phi) is 4.57. The van der Waals surface area contributed by atoms with Crippen LogP contribution in [0.1, 0.15) is 37.3 Å². The Bertz CT molecular complexity index is 626. The highest BCUT2D eigenvalue weighted by Gasteiger charge is 2.23. The molecule has 114 valence electrons. The molecular weight excluding hydrogens is 278 g/mol. The van der Waals surface area contributed by atoms with Crippen LogP contribution in [0.15, 0.2) is 24.4 Å². The lowest BCUT2D eigenvalue weighted by molar-refractivity contribution is 0.159. The fourth-order valence-corrected chi connectivity index (χ4v) is 2.25. The highest BCUT2D eigenvalue weighted by molar-refractivity contribution is 5.30. The van der Waals surface area contributed by atoms with Gasteiger partial charge in [0.15, 0.2) is 17.4 Å². The summed E-state index contributed by atoms with van der Waals surface area (Å²) >= 11 is 0. The number of aliphatic hydroxyl groups excluding tert-OH is 1. The van der Waals surface area contributed by atoms with Crippen LogP contribution in [0.5, 0.6) is 5.75 Å². The molecular formula is C15H18F2N2O2. The van der Waals surface area contributed by atoms with E-state index in [9.17, 15) is 13.9 Å². The van der Waals surface area contributed by atoms with Gasteiger partial charge in [-0.1, -0.05) is 12.1 Å². The molecule has 0 spiro atoms. The molecule has 0 fully saturated rings. The van der Waals surface area contributed by atoms with Crippen molar-refractivity contribution in [3.05, 3.63) is 47.3 Å². The Balaban J connectivity index is 2.34. The molecule has 1 aromatic heterocycles. The summed E-state index contributed by atoms with van der Waals surface area (Å²) in [4.78, 5) is 0. The van der Waals surface area contributed by atoms with Crippen molar-refractivity contribution in [2.75, 3.05) is 7.11 Å². The van der Waals surface area contributed by atoms with Gasteiger partial charge in [0.05, 0.1) is 13.3 Å². The van der Waals surface area contributed by atoms with Crippen LogP contribution >= 0.6 is 0 Å². The number of nitrogens with zero attached hydrogens (tertiary/aromatic N) is 2. The smallest absolute Gasteiger partial charge is 0.162 e. The molecule has 0 aliphatic carbocycles. The van der Waals surface area contributed by atoms with Gasteiger partial charge in [-0.3, -0.25) is 4.68 Å². The van der Waals surface area contributed by atoms with Crippen molar-refractivity contribution in [2.24, 2.45) is 0 Å². The van der Waals surface area contributed by atoms with Gasteiger partial charge < -0.3 is 9.84 Å². The van der Waals surface area contributed by atoms with E-state index in [1.807, 2.05) is 13.8 Å². The lowest BCUT2D eigenvalue weighted by atomic mass is 10.0. The molecule has 4 nitrogen and oxygen atoms in total. The maximum atomic E-state index is 13.7. The molecule has 0 radical (unpaired) electrons. The normalized spacial score (nSPS) is 12.7. The Morgan fingerprint density at radius 1 is 1.33 bits per heavy atom. The fourth-order valence-electron chi connectivity index (χ4n) is 2.25. The molecule has 1 aromatic carbocycles. The zero-order valence-corrected chi connectivity index (χ0v) is 12.2. The summed E-state index contributed by atoms with van der Waals surface area (Å²) < 4.78 is 33.7. The SMILES string of the molecule is COc1cnn(C(C)C)c1C(O)Cc1cccc(F)c1F. The predicted molar refractivity (Wildman–Crippen MR) is 74.2 cm³/mol. The zero-order chi connectivity index (χ0) is 15.6. The predicted octanol–water partition coefficient (Wildman–Crippen LogP) is 3.03. The van der Waals surface area contributed by atoms with E-state index in [4.69, 9.17) is 4.74 Å². The number of methoxy groups -OCH3 is 1. The summed E-state index contributed by atoms with van der Waals surface area (Å²) in [5.74, 6) is -1.44. The monoisotopic (exact) mass is 296 g/mol. The molecule has 21 heavy (non-hydrogen) atoms. The van der Waals surface area contributed by atoms with Crippen LogP contribution in [0.2, 0.25) is 0 Å². The second kappa shape index (κ2) is 6.22. The van der Waals surface area contributed by atoms with Crippen molar-refractivity contribution in [3.8, 4) is 5.75 Å². The molecule has 0 aliphatic heterocycles. The molecule has 1 unspecified atom stereocenters. The molecule has 0 saturated carbocycles. The van der Waals surface area contributed by atoms with Gasteiger partial charge in [0.2, 0.25) is 0 Å². The van der Waals surface area contributed by atoms with Gasteiger partial charge >= 0.3 is 0 Å². The van der Waals surface area contributed by atoms with Gasteiger partial charge in [-0.25, -0.2) is 8.78 Å². The minimum Gasteiger partial charge on any atom is -0.493 e. The van der Waals surface area contributed by atoms with E-state index < -0.39 is 17.7 Å². The van der Waals surface area contributed by atoms with Crippen LogP contribution < -0.4 is 4.74 Å². The third-order valence-electron chi connectivity index (χ3n) is 3.27. The highest BCUT2D eigenvalue weighted by Crippen LogP contribution is 2.30. The molecule has 0 saturated heterocycles. The quantitative estimate of drug-likeness (QED) is 0.922. The lowest BCUT2D eigenvalue weighted by Crippen LogP contribution is -2.14. The van der Waals surface area contributed by atoms with E-state index in [1.165, 1.54) is 25.4 Å². The number of hydrogen-bond donors (Lipinski definition) is 1. The summed E-state index contributed by atoms with van der Waals surface area (Å²) in [5.41, 5.74) is 0.567. The van der Waals surface area contributed by atoms with Gasteiger partial charge in [-0.15, -0.1) is 0 Å². The molecule has 6 heteroatoms. The Morgan fingerprint density at radius 3 is 2.67 bits per heavy atom. The highest BCUT2D eigenvalue weighted by atomic mass is 19.2. The molecule has 1 heterocycles. The van der Waals surface area contributed by atoms with Crippen molar-refractivity contribution in [3.63, 3.8) is 0 Å². The number of rotatable bonds is 5. The van der Waals surface area contributed by atoms with E-state index in [1.54, 1.807) is 4.68 Å². The van der Waals surface area contributed by atoms with Crippen molar-refractivity contribution >= 4 is 0 Å². The number of ether oxygens (including phenoxy) is 1. The van der Waals surface area contributed by atoms with E-state index >= 15 is 0 Å². The second-order valence-electron chi connectivity index (χ2n) is 5.07. The third-order valence-corrected chi connectivity index (χ3v) is 3.27. The average Bonchev–Trinajstić information content (AvgIpc) is 2.88. The molecule has 1 N–H and O–H groups in total. The Morgan fingerprint density at radius 2 is 2.05 bits per heavy atom. The molecule has 0 aliphatic rings. The molecule has 0 bridgehead atoms. The maximum absolute atomic E-state index is 13.7. The maximum Gasteiger partial charge on any atom is 0.162 e. The van der Waals surface area contributed by atoms with Crippen LogP contribution in [0, 0.1) is 11.6 Å². The number of halogens is 2. The van der Waals surface area contributed by atoms with Gasteiger partial charge in [-0.2, -0.15) is 5.10 Å². The van der Waals surface area contributed by atoms with Crippen LogP contribution in [0.25, 0.3) is 0 Å². The van der Waals surface area contributed by atoms with Crippen molar-refractivity contribution in [2.45, 2.75) is 32.4 Å². The van der Waals surface area contributed by atoms with Gasteiger partial charge in [0, 0.05) is 12.5 Å². The third kappa shape index (κ3) is 3.05. The first-order valence-corrected chi connectivity index (χ1v) is 6.68. The van der Waals surface area contributed by atoms with E-state index in [0.29, 0.717) is 11.4 Å². The van der Waals surface area contributed by atoms with Gasteiger partial charge in [-0.05, 0) is 25.5 Å². The number of aliphatic hydroxyl groups is 1. The first kappa shape index (κ1) is 15.4. The minimum absolute atomic E-state index is 0.0101. The molecule has 2 rings (SSSR count). The largest absolute Gasteiger partial charge is 0.493 e. The molecule has 0 amide bonds. The first-order valence-electron chi connectivity index (χ1n) is 6.68. The number of benzene rings is 1. The van der Waals surface area contributed by atoms with Crippen LogP contribution in [0.3, 0.4) is 0 Å². The standard InChI is InChI=1S/C15H18F2N2O2/c1-9(2)19-15(13(21-3)8-18-19)12(20)7-10-5-4-6-11(16)14(10)17/h4-6,8-9,12,20H,7H2,1-3H3. The molecule has 1 atom stereocenters. The Labute approximate surface area is 122 Å². The van der Waals surface area contributed by atoms with Crippen LogP contribution in [-0.4, -0.2) is 22.0 Å². The van der Waals surface area contributed by atoms with Crippen LogP contribution in [-0.2, 0) is 6.42 Å². The number of aromatic nitrogens is 2. The van der Waals surface area contributed by atoms with Gasteiger partial charge in [0.25, 0.3) is 0 Å². The average molecular weight is 296 g/mol. The summed E-state index contributed by atoms with van der Waals surface area (Å²) in [6, 6.07) is 3.92. The van der Waals surface area contributed by atoms with E-state index in [2.05, 4.69) is 5.10 Å². The molecule has 2 aromatic rings. The topological polar surface area (TPSA) is 47.3 Å². The lowest BCUT2D eigenvalue weighted by Gasteiger charge is -2.17. The summed E-state index contributed by atoms with van der Waals surface area (Å²) in [7, 11) is 1.47. The first-order chi connectivity index (χ1) is 9.95.